The molecule has 0 aliphatic carbocycles. The van der Waals surface area contributed by atoms with Crippen LogP contribution in [0.5, 0.6) is 11.6 Å². The molecule has 24 heavy (non-hydrogen) atoms. The summed E-state index contributed by atoms with van der Waals surface area (Å²) in [6.45, 7) is 2.76. The van der Waals surface area contributed by atoms with Crippen molar-refractivity contribution in [2.75, 3.05) is 25.1 Å². The van der Waals surface area contributed by atoms with Gasteiger partial charge in [0.05, 0.1) is 11.6 Å². The van der Waals surface area contributed by atoms with Crippen molar-refractivity contribution >= 4 is 17.4 Å². The molecule has 0 fully saturated rings. The van der Waals surface area contributed by atoms with Crippen LogP contribution in [-0.4, -0.2) is 46.2 Å². The minimum absolute atomic E-state index is 0.0886. The maximum absolute atomic E-state index is 10.1. The molecule has 4 N–H and O–H groups in total. The number of nitrogen functional groups attached to an aromatic ring is 1. The van der Waals surface area contributed by atoms with Crippen molar-refractivity contribution in [3.05, 3.63) is 41.4 Å². The zero-order valence-electron chi connectivity index (χ0n) is 13.2. The fourth-order valence-electron chi connectivity index (χ4n) is 1.84. The van der Waals surface area contributed by atoms with Crippen LogP contribution in [0.25, 0.3) is 0 Å². The Kier molecular flexibility index (Phi) is 7.01. The van der Waals surface area contributed by atoms with E-state index in [4.69, 9.17) is 27.0 Å². The van der Waals surface area contributed by atoms with Gasteiger partial charge in [-0.05, 0) is 25.1 Å². The minimum atomic E-state index is -0.765. The average molecular weight is 354 g/mol. The molecule has 0 aliphatic rings. The quantitative estimate of drug-likeness (QED) is 0.459. The number of ether oxygens (including phenoxy) is 1. The van der Waals surface area contributed by atoms with E-state index in [1.54, 1.807) is 29.3 Å². The zero-order valence-corrected chi connectivity index (χ0v) is 14.0. The highest BCUT2D eigenvalue weighted by Gasteiger charge is 2.14. The molecule has 0 aliphatic heterocycles. The first kappa shape index (κ1) is 18.2. The van der Waals surface area contributed by atoms with E-state index in [1.165, 1.54) is 0 Å². The number of hydrogen-bond acceptors (Lipinski definition) is 8. The third-order valence-corrected chi connectivity index (χ3v) is 3.36. The number of para-hydroxylation sites is 1. The Bertz CT molecular complexity index is 629. The molecular formula is C15H20ClN5O3. The zero-order chi connectivity index (χ0) is 17.4. The van der Waals surface area contributed by atoms with Crippen LogP contribution < -0.4 is 20.8 Å². The number of hydrazine groups is 1. The number of anilines is 1. The Labute approximate surface area is 145 Å². The van der Waals surface area contributed by atoms with Crippen LogP contribution in [0.3, 0.4) is 0 Å². The van der Waals surface area contributed by atoms with Crippen molar-refractivity contribution in [2.24, 2.45) is 5.84 Å². The van der Waals surface area contributed by atoms with E-state index in [1.807, 2.05) is 19.1 Å². The highest BCUT2D eigenvalue weighted by molar-refractivity contribution is 6.32. The van der Waals surface area contributed by atoms with Gasteiger partial charge in [0.2, 0.25) is 0 Å². The van der Waals surface area contributed by atoms with Crippen LogP contribution in [0, 0.1) is 0 Å². The third-order valence-electron chi connectivity index (χ3n) is 3.05. The number of rotatable bonds is 9. The van der Waals surface area contributed by atoms with Gasteiger partial charge in [-0.1, -0.05) is 23.7 Å². The van der Waals surface area contributed by atoms with Gasteiger partial charge >= 0.3 is 0 Å². The van der Waals surface area contributed by atoms with Gasteiger partial charge in [-0.15, -0.1) is 15.3 Å². The van der Waals surface area contributed by atoms with Crippen LogP contribution >= 0.6 is 11.6 Å². The summed E-state index contributed by atoms with van der Waals surface area (Å²) in [6.07, 6.45) is -0.765. The molecule has 1 aromatic carbocycles. The summed E-state index contributed by atoms with van der Waals surface area (Å²) >= 11 is 6.00. The molecule has 9 heteroatoms. The minimum Gasteiger partial charge on any atom is -0.489 e. The van der Waals surface area contributed by atoms with Crippen molar-refractivity contribution in [2.45, 2.75) is 13.0 Å². The highest BCUT2D eigenvalue weighted by atomic mass is 35.5. The fourth-order valence-corrected chi connectivity index (χ4v) is 2.03. The topological polar surface area (TPSA) is 106 Å². The molecule has 1 atom stereocenters. The molecule has 1 unspecified atom stereocenters. The van der Waals surface area contributed by atoms with E-state index >= 15 is 0 Å². The van der Waals surface area contributed by atoms with Crippen LogP contribution in [0.15, 0.2) is 36.4 Å². The molecule has 2 aromatic rings. The number of hydroxylamine groups is 2. The Morgan fingerprint density at radius 2 is 2.08 bits per heavy atom. The summed E-state index contributed by atoms with van der Waals surface area (Å²) in [5.41, 5.74) is 2.38. The van der Waals surface area contributed by atoms with Crippen LogP contribution in [0.4, 0.5) is 5.82 Å². The normalized spacial score (nSPS) is 12.0. The molecule has 0 bridgehead atoms. The third kappa shape index (κ3) is 5.50. The van der Waals surface area contributed by atoms with Crippen molar-refractivity contribution in [3.8, 4) is 11.6 Å². The number of likely N-dealkylation sites (N-methyl/N-ethyl adjacent to an activating group) is 1. The SMILES string of the molecule is CCN(CC(O)COc1ccccc1Cl)Oc1ccc(NN)nn1. The van der Waals surface area contributed by atoms with Gasteiger partial charge in [-0.3, -0.25) is 0 Å². The van der Waals surface area contributed by atoms with E-state index in [-0.39, 0.29) is 13.2 Å². The summed E-state index contributed by atoms with van der Waals surface area (Å²) in [5, 5.41) is 19.8. The van der Waals surface area contributed by atoms with Gasteiger partial charge in [-0.2, -0.15) is 0 Å². The van der Waals surface area contributed by atoms with Gasteiger partial charge < -0.3 is 20.1 Å². The number of hydrogen-bond donors (Lipinski definition) is 3. The number of halogens is 1. The van der Waals surface area contributed by atoms with Gasteiger partial charge in [0.1, 0.15) is 18.5 Å². The Balaban J connectivity index is 1.83. The first-order valence-corrected chi connectivity index (χ1v) is 7.78. The molecule has 0 amide bonds. The van der Waals surface area contributed by atoms with E-state index in [0.717, 1.165) is 0 Å². The second-order valence-corrected chi connectivity index (χ2v) is 5.28. The largest absolute Gasteiger partial charge is 0.489 e. The van der Waals surface area contributed by atoms with Gasteiger partial charge in [-0.25, -0.2) is 5.84 Å². The second kappa shape index (κ2) is 9.24. The first-order valence-electron chi connectivity index (χ1n) is 7.41. The Hall–Kier alpha value is -2.13. The molecule has 1 heterocycles. The van der Waals surface area contributed by atoms with Crippen LogP contribution in [0.1, 0.15) is 6.92 Å². The summed E-state index contributed by atoms with van der Waals surface area (Å²) in [7, 11) is 0. The predicted octanol–water partition coefficient (Wildman–Crippen LogP) is 1.47. The molecule has 2 rings (SSSR count). The van der Waals surface area contributed by atoms with Crippen molar-refractivity contribution in [3.63, 3.8) is 0 Å². The summed E-state index contributed by atoms with van der Waals surface area (Å²) in [5.74, 6) is 6.48. The number of nitrogens with zero attached hydrogens (tertiary/aromatic N) is 3. The van der Waals surface area contributed by atoms with Crippen LogP contribution in [0.2, 0.25) is 5.02 Å². The number of aliphatic hydroxyl groups excluding tert-OH is 1. The molecule has 0 radical (unpaired) electrons. The lowest BCUT2D eigenvalue weighted by atomic mass is 10.3. The number of aromatic nitrogens is 2. The number of nitrogens with two attached hydrogens (primary N) is 1. The first-order chi connectivity index (χ1) is 11.6. The van der Waals surface area contributed by atoms with Gasteiger partial charge in [0.15, 0.2) is 5.82 Å². The standard InChI is InChI=1S/C15H20ClN5O3/c1-2-21(24-15-8-7-14(18-17)19-20-15)9-11(22)10-23-13-6-4-3-5-12(13)16/h3-8,11,22H,2,9-10,17H2,1H3,(H,18,19). The van der Waals surface area contributed by atoms with Gasteiger partial charge in [0, 0.05) is 12.6 Å². The Morgan fingerprint density at radius 1 is 1.29 bits per heavy atom. The molecule has 8 nitrogen and oxygen atoms in total. The lowest BCUT2D eigenvalue weighted by Gasteiger charge is -2.23. The van der Waals surface area contributed by atoms with E-state index in [9.17, 15) is 5.11 Å². The van der Waals surface area contributed by atoms with E-state index in [2.05, 4.69) is 15.6 Å². The van der Waals surface area contributed by atoms with Crippen LogP contribution in [-0.2, 0) is 0 Å². The summed E-state index contributed by atoms with van der Waals surface area (Å²) in [6, 6.07) is 10.3. The molecule has 0 spiro atoms. The molecular weight excluding hydrogens is 334 g/mol. The lowest BCUT2D eigenvalue weighted by Crippen LogP contribution is -2.38. The van der Waals surface area contributed by atoms with E-state index in [0.29, 0.717) is 29.0 Å². The summed E-state index contributed by atoms with van der Waals surface area (Å²) < 4.78 is 5.51. The lowest BCUT2D eigenvalue weighted by molar-refractivity contribution is -0.0896. The molecule has 1 aromatic heterocycles. The average Bonchev–Trinajstić information content (AvgIpc) is 2.61. The second-order valence-electron chi connectivity index (χ2n) is 4.87. The Morgan fingerprint density at radius 3 is 2.71 bits per heavy atom. The summed E-state index contributed by atoms with van der Waals surface area (Å²) in [4.78, 5) is 5.56. The highest BCUT2D eigenvalue weighted by Crippen LogP contribution is 2.23. The van der Waals surface area contributed by atoms with E-state index < -0.39 is 6.10 Å². The van der Waals surface area contributed by atoms with Crippen molar-refractivity contribution in [1.29, 1.82) is 0 Å². The smallest absolute Gasteiger partial charge is 0.257 e. The molecule has 0 saturated carbocycles. The van der Waals surface area contributed by atoms with Crippen molar-refractivity contribution < 1.29 is 14.7 Å². The monoisotopic (exact) mass is 353 g/mol. The van der Waals surface area contributed by atoms with Crippen molar-refractivity contribution in [1.82, 2.24) is 15.3 Å². The number of benzene rings is 1. The number of aliphatic hydroxyl groups is 1. The molecule has 130 valence electrons. The molecule has 0 saturated heterocycles. The maximum atomic E-state index is 10.1. The fraction of sp³-hybridized carbons (Fsp3) is 0.333. The predicted molar refractivity (Wildman–Crippen MR) is 90.7 cm³/mol. The van der Waals surface area contributed by atoms with Gasteiger partial charge in [0.25, 0.3) is 5.88 Å². The number of nitrogens with one attached hydrogen (secondary N) is 1. The maximum Gasteiger partial charge on any atom is 0.257 e.